The van der Waals surface area contributed by atoms with Gasteiger partial charge in [-0.25, -0.2) is 12.7 Å². The molecule has 0 bridgehead atoms. The van der Waals surface area contributed by atoms with E-state index in [1.165, 1.54) is 4.31 Å². The normalized spacial score (nSPS) is 23.2. The van der Waals surface area contributed by atoms with Crippen molar-refractivity contribution in [3.05, 3.63) is 0 Å². The number of aliphatic hydroxyl groups excluding tert-OH is 1. The second kappa shape index (κ2) is 6.68. The van der Waals surface area contributed by atoms with Gasteiger partial charge in [0.05, 0.1) is 5.75 Å². The molecule has 1 aliphatic heterocycles. The molecule has 0 aromatic heterocycles. The molecule has 0 aromatic rings. The van der Waals surface area contributed by atoms with Crippen molar-refractivity contribution in [2.45, 2.75) is 32.7 Å². The van der Waals surface area contributed by atoms with Crippen molar-refractivity contribution in [2.24, 2.45) is 5.92 Å². The molecule has 1 fully saturated rings. The number of nitrogens with one attached hydrogen (secondary N) is 1. The topological polar surface area (TPSA) is 69.6 Å². The predicted octanol–water partition coefficient (Wildman–Crippen LogP) is 0.0185. The highest BCUT2D eigenvalue weighted by atomic mass is 32.2. The average Bonchev–Trinajstić information content (AvgIpc) is 2.28. The Bertz CT molecular complexity index is 317. The third-order valence-electron chi connectivity index (χ3n) is 3.05. The molecular weight excluding hydrogens is 240 g/mol. The highest BCUT2D eigenvalue weighted by Crippen LogP contribution is 2.18. The number of hydrogen-bond donors (Lipinski definition) is 2. The Morgan fingerprint density at radius 1 is 1.47 bits per heavy atom. The summed E-state index contributed by atoms with van der Waals surface area (Å²) in [6.07, 6.45) is 1.77. The van der Waals surface area contributed by atoms with Crippen LogP contribution in [0, 0.1) is 5.92 Å². The number of rotatable bonds is 6. The van der Waals surface area contributed by atoms with Gasteiger partial charge in [0.1, 0.15) is 0 Å². The van der Waals surface area contributed by atoms with Gasteiger partial charge in [-0.05, 0) is 18.8 Å². The number of nitrogens with zero attached hydrogens (tertiary/aromatic N) is 1. The van der Waals surface area contributed by atoms with Gasteiger partial charge in [0.25, 0.3) is 0 Å². The predicted molar refractivity (Wildman–Crippen MR) is 68.3 cm³/mol. The van der Waals surface area contributed by atoms with Gasteiger partial charge in [0, 0.05) is 32.3 Å². The highest BCUT2D eigenvalue weighted by Gasteiger charge is 2.27. The van der Waals surface area contributed by atoms with E-state index in [1.807, 2.05) is 13.8 Å². The van der Waals surface area contributed by atoms with Gasteiger partial charge in [-0.3, -0.25) is 0 Å². The average molecular weight is 264 g/mol. The quantitative estimate of drug-likeness (QED) is 0.709. The van der Waals surface area contributed by atoms with Crippen LogP contribution >= 0.6 is 0 Å². The Morgan fingerprint density at radius 2 is 2.18 bits per heavy atom. The minimum absolute atomic E-state index is 0.0796. The van der Waals surface area contributed by atoms with E-state index in [-0.39, 0.29) is 18.3 Å². The number of aliphatic hydroxyl groups is 1. The molecule has 0 aromatic carbocycles. The smallest absolute Gasteiger partial charge is 0.215 e. The first-order valence-electron chi connectivity index (χ1n) is 6.27. The third kappa shape index (κ3) is 4.91. The second-order valence-corrected chi connectivity index (χ2v) is 7.06. The van der Waals surface area contributed by atoms with E-state index in [4.69, 9.17) is 5.11 Å². The Morgan fingerprint density at radius 3 is 2.76 bits per heavy atom. The lowest BCUT2D eigenvalue weighted by Gasteiger charge is -2.31. The Hall–Kier alpha value is -0.170. The Balaban J connectivity index is 2.46. The van der Waals surface area contributed by atoms with Crippen molar-refractivity contribution in [1.29, 1.82) is 0 Å². The maximum atomic E-state index is 12.0. The number of hydrogen-bond acceptors (Lipinski definition) is 4. The molecule has 102 valence electrons. The number of piperidine rings is 1. The van der Waals surface area contributed by atoms with Gasteiger partial charge in [-0.2, -0.15) is 0 Å². The fourth-order valence-corrected chi connectivity index (χ4v) is 3.51. The molecule has 2 N–H and O–H groups in total. The minimum atomic E-state index is -3.16. The first-order chi connectivity index (χ1) is 7.95. The lowest BCUT2D eigenvalue weighted by molar-refractivity contribution is 0.165. The van der Waals surface area contributed by atoms with E-state index in [1.54, 1.807) is 0 Å². The summed E-state index contributed by atoms with van der Waals surface area (Å²) in [6, 6.07) is 0.303. The van der Waals surface area contributed by atoms with Crippen LogP contribution in [0.1, 0.15) is 26.7 Å². The van der Waals surface area contributed by atoms with E-state index >= 15 is 0 Å². The van der Waals surface area contributed by atoms with Crippen LogP contribution in [-0.4, -0.2) is 55.9 Å². The molecule has 0 spiro atoms. The van der Waals surface area contributed by atoms with E-state index in [0.717, 1.165) is 12.8 Å². The Labute approximate surface area is 104 Å². The molecule has 1 atom stereocenters. The molecule has 17 heavy (non-hydrogen) atoms. The van der Waals surface area contributed by atoms with E-state index in [0.29, 0.717) is 25.7 Å². The maximum Gasteiger partial charge on any atom is 0.215 e. The van der Waals surface area contributed by atoms with Crippen LogP contribution in [0.4, 0.5) is 0 Å². The SMILES string of the molecule is CC(C)NCCS(=O)(=O)N1CCCC(CO)C1. The van der Waals surface area contributed by atoms with Crippen molar-refractivity contribution < 1.29 is 13.5 Å². The summed E-state index contributed by atoms with van der Waals surface area (Å²) < 4.78 is 25.6. The molecule has 1 unspecified atom stereocenters. The first-order valence-corrected chi connectivity index (χ1v) is 7.88. The fraction of sp³-hybridized carbons (Fsp3) is 1.00. The summed E-state index contributed by atoms with van der Waals surface area (Å²) in [6.45, 7) is 5.63. The summed E-state index contributed by atoms with van der Waals surface area (Å²) in [5.74, 6) is 0.250. The number of sulfonamides is 1. The highest BCUT2D eigenvalue weighted by molar-refractivity contribution is 7.89. The summed E-state index contributed by atoms with van der Waals surface area (Å²) in [5, 5.41) is 12.2. The minimum Gasteiger partial charge on any atom is -0.396 e. The van der Waals surface area contributed by atoms with Gasteiger partial charge in [-0.15, -0.1) is 0 Å². The van der Waals surface area contributed by atoms with Crippen LogP contribution in [0.3, 0.4) is 0 Å². The molecule has 1 aliphatic rings. The summed E-state index contributed by atoms with van der Waals surface area (Å²) in [5.41, 5.74) is 0. The second-order valence-electron chi connectivity index (χ2n) is 4.97. The van der Waals surface area contributed by atoms with E-state index < -0.39 is 10.0 Å². The van der Waals surface area contributed by atoms with Crippen LogP contribution in [0.15, 0.2) is 0 Å². The van der Waals surface area contributed by atoms with Crippen molar-refractivity contribution in [1.82, 2.24) is 9.62 Å². The molecule has 6 heteroatoms. The van der Waals surface area contributed by atoms with Crippen LogP contribution in [0.5, 0.6) is 0 Å². The van der Waals surface area contributed by atoms with Gasteiger partial charge < -0.3 is 10.4 Å². The van der Waals surface area contributed by atoms with Crippen LogP contribution < -0.4 is 5.32 Å². The van der Waals surface area contributed by atoms with Gasteiger partial charge >= 0.3 is 0 Å². The van der Waals surface area contributed by atoms with Crippen molar-refractivity contribution in [3.63, 3.8) is 0 Å². The lowest BCUT2D eigenvalue weighted by atomic mass is 10.0. The monoisotopic (exact) mass is 264 g/mol. The maximum absolute atomic E-state index is 12.0. The molecule has 1 heterocycles. The zero-order valence-electron chi connectivity index (χ0n) is 10.7. The molecule has 0 amide bonds. The zero-order chi connectivity index (χ0) is 12.9. The van der Waals surface area contributed by atoms with Crippen molar-refractivity contribution >= 4 is 10.0 Å². The van der Waals surface area contributed by atoms with Crippen molar-refractivity contribution in [2.75, 3.05) is 32.0 Å². The van der Waals surface area contributed by atoms with Gasteiger partial charge in [0.2, 0.25) is 10.0 Å². The summed E-state index contributed by atoms with van der Waals surface area (Å²) in [4.78, 5) is 0. The van der Waals surface area contributed by atoms with Gasteiger partial charge in [0.15, 0.2) is 0 Å². The molecule has 1 rings (SSSR count). The summed E-state index contributed by atoms with van der Waals surface area (Å²) >= 11 is 0. The largest absolute Gasteiger partial charge is 0.396 e. The molecule has 5 nitrogen and oxygen atoms in total. The third-order valence-corrected chi connectivity index (χ3v) is 4.88. The lowest BCUT2D eigenvalue weighted by Crippen LogP contribution is -2.43. The zero-order valence-corrected chi connectivity index (χ0v) is 11.5. The van der Waals surface area contributed by atoms with Gasteiger partial charge in [-0.1, -0.05) is 13.8 Å². The molecule has 1 saturated heterocycles. The van der Waals surface area contributed by atoms with Crippen LogP contribution in [0.25, 0.3) is 0 Å². The molecule has 0 radical (unpaired) electrons. The van der Waals surface area contributed by atoms with Crippen LogP contribution in [-0.2, 0) is 10.0 Å². The molecular formula is C11H24N2O3S. The first kappa shape index (κ1) is 14.9. The van der Waals surface area contributed by atoms with E-state index in [2.05, 4.69) is 5.32 Å². The van der Waals surface area contributed by atoms with Crippen LogP contribution in [0.2, 0.25) is 0 Å². The Kier molecular flexibility index (Phi) is 5.85. The van der Waals surface area contributed by atoms with Crippen molar-refractivity contribution in [3.8, 4) is 0 Å². The summed E-state index contributed by atoms with van der Waals surface area (Å²) in [7, 11) is -3.16. The molecule has 0 aliphatic carbocycles. The fourth-order valence-electron chi connectivity index (χ4n) is 2.03. The standard InChI is InChI=1S/C11H24N2O3S/c1-10(2)12-5-7-17(15,16)13-6-3-4-11(8-13)9-14/h10-12,14H,3-9H2,1-2H3. The molecule has 0 saturated carbocycles. The van der Waals surface area contributed by atoms with E-state index in [9.17, 15) is 8.42 Å².